The van der Waals surface area contributed by atoms with Gasteiger partial charge in [0.2, 0.25) is 0 Å². The van der Waals surface area contributed by atoms with E-state index >= 15 is 0 Å². The second-order valence-electron chi connectivity index (χ2n) is 2.59. The minimum atomic E-state index is -0.954. The van der Waals surface area contributed by atoms with Gasteiger partial charge in [-0.1, -0.05) is 6.08 Å². The number of rotatable bonds is 3. The van der Waals surface area contributed by atoms with Gasteiger partial charge >= 0.3 is 11.9 Å². The highest BCUT2D eigenvalue weighted by Crippen LogP contribution is 1.94. The number of allylic oxidation sites excluding steroid dienone is 1. The second kappa shape index (κ2) is 8.76. The Morgan fingerprint density at radius 2 is 1.73 bits per heavy atom. The molecule has 0 heterocycles. The molecule has 6 N–H and O–H groups in total. The summed E-state index contributed by atoms with van der Waals surface area (Å²) in [6, 6.07) is 0. The predicted molar refractivity (Wildman–Crippen MR) is 56.0 cm³/mol. The summed E-state index contributed by atoms with van der Waals surface area (Å²) in [6.45, 7) is 3.31. The molecular weight excluding hydrogens is 200 g/mol. The monoisotopic (exact) mass is 216 g/mol. The summed E-state index contributed by atoms with van der Waals surface area (Å²) in [5.74, 6) is -1.91. The summed E-state index contributed by atoms with van der Waals surface area (Å²) in [5, 5.41) is 16.1. The lowest BCUT2D eigenvalue weighted by molar-refractivity contribution is -0.133. The number of aliphatic carboxylic acids is 2. The van der Waals surface area contributed by atoms with Gasteiger partial charge in [0, 0.05) is 18.3 Å². The van der Waals surface area contributed by atoms with E-state index < -0.39 is 11.9 Å². The van der Waals surface area contributed by atoms with E-state index in [4.69, 9.17) is 21.7 Å². The zero-order valence-corrected chi connectivity index (χ0v) is 8.73. The van der Waals surface area contributed by atoms with E-state index in [9.17, 15) is 9.59 Å². The van der Waals surface area contributed by atoms with Crippen LogP contribution in [0.3, 0.4) is 0 Å². The van der Waals surface area contributed by atoms with Crippen LogP contribution in [0.5, 0.6) is 0 Å². The van der Waals surface area contributed by atoms with Gasteiger partial charge in [0.25, 0.3) is 0 Å². The van der Waals surface area contributed by atoms with Gasteiger partial charge in [0.1, 0.15) is 0 Å². The van der Waals surface area contributed by atoms with Gasteiger partial charge in [-0.15, -0.1) is 0 Å². The summed E-state index contributed by atoms with van der Waals surface area (Å²) in [7, 11) is 0. The lowest BCUT2D eigenvalue weighted by atomic mass is 10.2. The highest BCUT2D eigenvalue weighted by molar-refractivity contribution is 5.86. The zero-order chi connectivity index (χ0) is 12.4. The fraction of sp³-hybridized carbons (Fsp3) is 0.333. The number of hydrogen-bond donors (Lipinski definition) is 4. The molecular formula is C9H16N2O4. The molecule has 0 aromatic rings. The van der Waals surface area contributed by atoms with E-state index in [1.54, 1.807) is 6.92 Å². The quantitative estimate of drug-likeness (QED) is 0.488. The molecule has 0 radical (unpaired) electrons. The molecule has 0 saturated heterocycles. The Balaban J connectivity index is 0. The summed E-state index contributed by atoms with van der Waals surface area (Å²) in [6.07, 6.45) is 2.39. The molecule has 15 heavy (non-hydrogen) atoms. The van der Waals surface area contributed by atoms with Gasteiger partial charge in [0.15, 0.2) is 0 Å². The number of carboxylic acid groups (broad SMARTS) is 2. The van der Waals surface area contributed by atoms with Crippen LogP contribution in [0, 0.1) is 0 Å². The van der Waals surface area contributed by atoms with Crippen molar-refractivity contribution in [1.29, 1.82) is 0 Å². The summed E-state index contributed by atoms with van der Waals surface area (Å²) in [5.41, 5.74) is 10.6. The van der Waals surface area contributed by atoms with Gasteiger partial charge in [-0.25, -0.2) is 9.59 Å². The van der Waals surface area contributed by atoms with Crippen molar-refractivity contribution in [2.24, 2.45) is 11.5 Å². The Morgan fingerprint density at radius 1 is 1.27 bits per heavy atom. The van der Waals surface area contributed by atoms with Crippen LogP contribution in [0.15, 0.2) is 23.4 Å². The molecule has 0 saturated carbocycles. The van der Waals surface area contributed by atoms with Crippen molar-refractivity contribution in [3.05, 3.63) is 23.4 Å². The first-order valence-electron chi connectivity index (χ1n) is 4.08. The molecule has 0 fully saturated rings. The number of nitrogens with two attached hydrogens (primary N) is 2. The summed E-state index contributed by atoms with van der Waals surface area (Å²) in [4.78, 5) is 19.6. The molecule has 0 aliphatic heterocycles. The van der Waals surface area contributed by atoms with Crippen LogP contribution in [0.25, 0.3) is 0 Å². The van der Waals surface area contributed by atoms with Crippen LogP contribution in [0.1, 0.15) is 13.8 Å². The van der Waals surface area contributed by atoms with E-state index in [0.717, 1.165) is 6.08 Å². The topological polar surface area (TPSA) is 127 Å². The van der Waals surface area contributed by atoms with Gasteiger partial charge in [-0.2, -0.15) is 0 Å². The van der Waals surface area contributed by atoms with E-state index in [-0.39, 0.29) is 12.1 Å². The van der Waals surface area contributed by atoms with Crippen molar-refractivity contribution in [2.45, 2.75) is 13.8 Å². The average molecular weight is 216 g/mol. The SMILES string of the molecule is C/C(N)=C(\C)C(=O)O.NC/C=C/C(=O)O. The zero-order valence-electron chi connectivity index (χ0n) is 8.73. The first-order chi connectivity index (χ1) is 6.82. The Kier molecular flexibility index (Phi) is 9.14. The normalized spacial score (nSPS) is 11.4. The van der Waals surface area contributed by atoms with Gasteiger partial charge in [0.05, 0.1) is 5.57 Å². The molecule has 0 aliphatic carbocycles. The van der Waals surface area contributed by atoms with Crippen LogP contribution in [0.2, 0.25) is 0 Å². The van der Waals surface area contributed by atoms with Crippen LogP contribution in [-0.2, 0) is 9.59 Å². The number of carboxylic acids is 2. The standard InChI is InChI=1S/C5H9NO2.C4H7NO2/c1-3(4(2)6)5(7)8;5-3-1-2-4(6)7/h6H2,1-2H3,(H,7,8);1-2H,3,5H2,(H,6,7)/b4-3-;2-1+. The smallest absolute Gasteiger partial charge is 0.333 e. The molecule has 86 valence electrons. The van der Waals surface area contributed by atoms with E-state index in [0.29, 0.717) is 5.70 Å². The van der Waals surface area contributed by atoms with Crippen LogP contribution in [0.4, 0.5) is 0 Å². The highest BCUT2D eigenvalue weighted by Gasteiger charge is 1.99. The predicted octanol–water partition coefficient (Wildman–Crippen LogP) is -0.0905. The largest absolute Gasteiger partial charge is 0.478 e. The highest BCUT2D eigenvalue weighted by atomic mass is 16.4. The Labute approximate surface area is 87.9 Å². The lowest BCUT2D eigenvalue weighted by Crippen LogP contribution is -2.04. The van der Waals surface area contributed by atoms with Crippen molar-refractivity contribution in [2.75, 3.05) is 6.54 Å². The molecule has 0 aliphatic rings. The molecule has 0 amide bonds. The minimum absolute atomic E-state index is 0.213. The molecule has 6 nitrogen and oxygen atoms in total. The maximum absolute atomic E-state index is 10.0. The third-order valence-corrected chi connectivity index (χ3v) is 1.31. The lowest BCUT2D eigenvalue weighted by Gasteiger charge is -1.92. The molecule has 6 heteroatoms. The van der Waals surface area contributed by atoms with Gasteiger partial charge in [-0.05, 0) is 13.8 Å². The molecule has 0 atom stereocenters. The van der Waals surface area contributed by atoms with E-state index in [1.165, 1.54) is 13.0 Å². The molecule has 0 bridgehead atoms. The first-order valence-corrected chi connectivity index (χ1v) is 4.08. The number of carbonyl (C=O) groups is 2. The second-order valence-corrected chi connectivity index (χ2v) is 2.59. The molecule has 0 spiro atoms. The Morgan fingerprint density at radius 3 is 1.80 bits per heavy atom. The third kappa shape index (κ3) is 12.2. The minimum Gasteiger partial charge on any atom is -0.478 e. The van der Waals surface area contributed by atoms with E-state index in [1.807, 2.05) is 0 Å². The average Bonchev–Trinajstić information content (AvgIpc) is 2.14. The maximum atomic E-state index is 10.0. The Hall–Kier alpha value is -1.82. The fourth-order valence-corrected chi connectivity index (χ4v) is 0.338. The van der Waals surface area contributed by atoms with Gasteiger partial charge < -0.3 is 21.7 Å². The van der Waals surface area contributed by atoms with Crippen molar-refractivity contribution >= 4 is 11.9 Å². The van der Waals surface area contributed by atoms with Crippen LogP contribution < -0.4 is 11.5 Å². The van der Waals surface area contributed by atoms with Gasteiger partial charge in [-0.3, -0.25) is 0 Å². The van der Waals surface area contributed by atoms with Crippen molar-refractivity contribution in [1.82, 2.24) is 0 Å². The molecule has 0 unspecified atom stereocenters. The van der Waals surface area contributed by atoms with Crippen LogP contribution >= 0.6 is 0 Å². The van der Waals surface area contributed by atoms with Crippen LogP contribution in [-0.4, -0.2) is 28.7 Å². The maximum Gasteiger partial charge on any atom is 0.333 e. The van der Waals surface area contributed by atoms with Crippen molar-refractivity contribution in [3.8, 4) is 0 Å². The summed E-state index contributed by atoms with van der Waals surface area (Å²) < 4.78 is 0. The summed E-state index contributed by atoms with van der Waals surface area (Å²) >= 11 is 0. The fourth-order valence-electron chi connectivity index (χ4n) is 0.338. The van der Waals surface area contributed by atoms with Crippen molar-refractivity contribution < 1.29 is 19.8 Å². The third-order valence-electron chi connectivity index (χ3n) is 1.31. The molecule has 0 rings (SSSR count). The first kappa shape index (κ1) is 15.6. The molecule has 0 aromatic carbocycles. The Bertz CT molecular complexity index is 278. The molecule has 0 aromatic heterocycles. The van der Waals surface area contributed by atoms with E-state index in [2.05, 4.69) is 0 Å². The van der Waals surface area contributed by atoms with Crippen molar-refractivity contribution in [3.63, 3.8) is 0 Å². The number of hydrogen-bond acceptors (Lipinski definition) is 4.